The zero-order valence-corrected chi connectivity index (χ0v) is 17.9. The molecular weight excluding hydrogens is 435 g/mol. The Kier molecular flexibility index (Phi) is 5.58. The van der Waals surface area contributed by atoms with E-state index in [0.717, 1.165) is 15.9 Å². The van der Waals surface area contributed by atoms with Gasteiger partial charge in [0.15, 0.2) is 5.82 Å². The lowest BCUT2D eigenvalue weighted by Crippen LogP contribution is -2.99. The molecule has 1 aliphatic heterocycles. The molecule has 33 heavy (non-hydrogen) atoms. The second-order valence-corrected chi connectivity index (χ2v) is 8.16. The lowest BCUT2D eigenvalue weighted by Gasteiger charge is -2.47. The number of likely N-dealkylation sites (N-methyl/N-ethyl adjacent to an activating group) is 2. The van der Waals surface area contributed by atoms with Crippen molar-refractivity contribution in [1.29, 1.82) is 0 Å². The van der Waals surface area contributed by atoms with Gasteiger partial charge >= 0.3 is 0 Å². The number of hydrogen-bond acceptors (Lipinski definition) is 6. The van der Waals surface area contributed by atoms with E-state index < -0.39 is 40.3 Å². The van der Waals surface area contributed by atoms with Crippen molar-refractivity contribution >= 4 is 28.4 Å². The average Bonchev–Trinajstić information content (AvgIpc) is 3.16. The minimum atomic E-state index is -2.17. The number of aromatic nitrogens is 1. The number of carbonyl (C=O) groups excluding carboxylic acids is 2. The van der Waals surface area contributed by atoms with Gasteiger partial charge in [0, 0.05) is 33.1 Å². The Balaban J connectivity index is 1.68. The van der Waals surface area contributed by atoms with E-state index in [1.807, 2.05) is 0 Å². The van der Waals surface area contributed by atoms with Crippen LogP contribution in [0.4, 0.5) is 10.1 Å². The molecule has 2 heterocycles. The molecule has 1 aliphatic rings. The number of aliphatic hydroxyl groups is 1. The first kappa shape index (κ1) is 22.7. The average molecular weight is 458 g/mol. The van der Waals surface area contributed by atoms with E-state index in [2.05, 4.69) is 4.98 Å². The molecule has 1 saturated heterocycles. The van der Waals surface area contributed by atoms with Crippen molar-refractivity contribution in [3.8, 4) is 5.75 Å². The van der Waals surface area contributed by atoms with Crippen LogP contribution in [-0.4, -0.2) is 67.9 Å². The zero-order valence-electron chi connectivity index (χ0n) is 17.9. The van der Waals surface area contributed by atoms with Gasteiger partial charge in [-0.3, -0.25) is 9.59 Å². The standard InChI is InChI=1S/C22H23FN4O6/c1-25-17(9-13-11-24-16-7-6-15(23)19(18(13)16)27(32)33)20(29)26(2)22(31,21(25)30)10-12-4-3-5-14(28)8-12/h3-8,11,17,24,27-28,31-32H,9-10H2,1-2H3/t17-,22+/m0/s1. The summed E-state index contributed by atoms with van der Waals surface area (Å²) in [6.07, 6.45) is 1.16. The lowest BCUT2D eigenvalue weighted by molar-refractivity contribution is -0.991. The van der Waals surface area contributed by atoms with Gasteiger partial charge in [0.2, 0.25) is 17.3 Å². The number of benzene rings is 2. The van der Waals surface area contributed by atoms with Crippen molar-refractivity contribution in [2.75, 3.05) is 14.1 Å². The number of amides is 2. The second-order valence-electron chi connectivity index (χ2n) is 8.16. The van der Waals surface area contributed by atoms with Crippen LogP contribution in [0.3, 0.4) is 0 Å². The van der Waals surface area contributed by atoms with E-state index >= 15 is 0 Å². The zero-order chi connectivity index (χ0) is 24.1. The monoisotopic (exact) mass is 458 g/mol. The topological polar surface area (TPSA) is 145 Å². The predicted octanol–water partition coefficient (Wildman–Crippen LogP) is 0.189. The molecule has 1 aromatic heterocycles. The number of aromatic hydroxyl groups is 1. The number of nitrogens with one attached hydrogen (secondary N) is 2. The fraction of sp³-hybridized carbons (Fsp3) is 0.273. The number of carbonyl (C=O) groups is 2. The third kappa shape index (κ3) is 3.70. The molecule has 10 nitrogen and oxygen atoms in total. The Morgan fingerprint density at radius 1 is 1.24 bits per heavy atom. The third-order valence-corrected chi connectivity index (χ3v) is 6.17. The number of fused-ring (bicyclic) bond motifs is 1. The number of rotatable bonds is 5. The molecule has 3 atom stereocenters. The Hall–Kier alpha value is -3.51. The number of piperazine rings is 1. The van der Waals surface area contributed by atoms with Gasteiger partial charge in [0.05, 0.1) is 10.9 Å². The summed E-state index contributed by atoms with van der Waals surface area (Å²) in [5.41, 5.74) is -1.50. The molecule has 5 N–H and O–H groups in total. The molecule has 4 rings (SSSR count). The Labute approximate surface area is 187 Å². The van der Waals surface area contributed by atoms with Crippen molar-refractivity contribution in [3.63, 3.8) is 0 Å². The molecule has 0 spiro atoms. The van der Waals surface area contributed by atoms with Crippen LogP contribution in [-0.2, 0) is 22.4 Å². The van der Waals surface area contributed by atoms with E-state index in [-0.39, 0.29) is 24.0 Å². The highest BCUT2D eigenvalue weighted by atomic mass is 19.1. The molecule has 3 aromatic rings. The number of hydrogen-bond donors (Lipinski definition) is 5. The van der Waals surface area contributed by atoms with Crippen molar-refractivity contribution in [1.82, 2.24) is 14.8 Å². The Morgan fingerprint density at radius 2 is 1.97 bits per heavy atom. The number of phenolic OH excluding ortho intramolecular Hbond substituents is 1. The van der Waals surface area contributed by atoms with Crippen molar-refractivity contribution < 1.29 is 34.6 Å². The normalized spacial score (nSPS) is 22.3. The number of nitrogens with zero attached hydrogens (tertiary/aromatic N) is 2. The van der Waals surface area contributed by atoms with Crippen LogP contribution in [0.1, 0.15) is 11.1 Å². The summed E-state index contributed by atoms with van der Waals surface area (Å²) >= 11 is 0. The van der Waals surface area contributed by atoms with Crippen LogP contribution >= 0.6 is 0 Å². The molecule has 0 saturated carbocycles. The molecule has 0 bridgehead atoms. The minimum Gasteiger partial charge on any atom is -0.595 e. The van der Waals surface area contributed by atoms with Crippen molar-refractivity contribution in [3.05, 3.63) is 64.7 Å². The van der Waals surface area contributed by atoms with E-state index in [9.17, 15) is 34.6 Å². The van der Waals surface area contributed by atoms with Crippen LogP contribution < -0.4 is 5.23 Å². The highest BCUT2D eigenvalue weighted by Crippen LogP contribution is 2.32. The predicted molar refractivity (Wildman–Crippen MR) is 114 cm³/mol. The van der Waals surface area contributed by atoms with Crippen molar-refractivity contribution in [2.24, 2.45) is 0 Å². The van der Waals surface area contributed by atoms with E-state index in [4.69, 9.17) is 0 Å². The number of aromatic amines is 1. The Bertz CT molecular complexity index is 1240. The van der Waals surface area contributed by atoms with Crippen LogP contribution in [0.15, 0.2) is 42.6 Å². The van der Waals surface area contributed by atoms with Crippen LogP contribution in [0, 0.1) is 11.0 Å². The molecule has 2 aromatic carbocycles. The lowest BCUT2D eigenvalue weighted by atomic mass is 9.92. The van der Waals surface area contributed by atoms with Gasteiger partial charge < -0.3 is 30.2 Å². The first-order valence-electron chi connectivity index (χ1n) is 10.1. The third-order valence-electron chi connectivity index (χ3n) is 6.17. The van der Waals surface area contributed by atoms with E-state index in [0.29, 0.717) is 16.6 Å². The van der Waals surface area contributed by atoms with Gasteiger partial charge in [-0.15, -0.1) is 0 Å². The van der Waals surface area contributed by atoms with E-state index in [1.165, 1.54) is 38.5 Å². The highest BCUT2D eigenvalue weighted by molar-refractivity contribution is 5.99. The molecule has 174 valence electrons. The van der Waals surface area contributed by atoms with Gasteiger partial charge in [0.25, 0.3) is 5.91 Å². The smallest absolute Gasteiger partial charge is 0.276 e. The van der Waals surface area contributed by atoms with Gasteiger partial charge in [-0.25, -0.2) is 9.60 Å². The summed E-state index contributed by atoms with van der Waals surface area (Å²) in [7, 11) is 2.68. The summed E-state index contributed by atoms with van der Waals surface area (Å²) < 4.78 is 14.2. The molecule has 0 radical (unpaired) electrons. The first-order chi connectivity index (χ1) is 15.5. The number of phenols is 1. The summed E-state index contributed by atoms with van der Waals surface area (Å²) in [4.78, 5) is 31.4. The summed E-state index contributed by atoms with van der Waals surface area (Å²) in [5.74, 6) is -2.25. The van der Waals surface area contributed by atoms with Crippen LogP contribution in [0.2, 0.25) is 0 Å². The highest BCUT2D eigenvalue weighted by Gasteiger charge is 2.53. The van der Waals surface area contributed by atoms with E-state index in [1.54, 1.807) is 12.1 Å². The summed E-state index contributed by atoms with van der Waals surface area (Å²) in [5, 5.41) is 40.7. The first-order valence-corrected chi connectivity index (χ1v) is 10.1. The second kappa shape index (κ2) is 8.12. The molecular formula is C22H23FN4O6. The van der Waals surface area contributed by atoms with Gasteiger partial charge in [-0.2, -0.15) is 5.23 Å². The van der Waals surface area contributed by atoms with Gasteiger partial charge in [-0.1, -0.05) is 12.1 Å². The summed E-state index contributed by atoms with van der Waals surface area (Å²) in [6.45, 7) is 0. The minimum absolute atomic E-state index is 0.0413. The SMILES string of the molecule is CN1C(=O)[C@](O)(Cc2cccc(O)c2)N(C)C(=O)[C@@H]1Cc1c[nH]c2ccc(F)c([NH+]([O-])O)c12. The molecule has 1 unspecified atom stereocenters. The van der Waals surface area contributed by atoms with Crippen LogP contribution in [0.5, 0.6) is 5.75 Å². The maximum absolute atomic E-state index is 14.2. The largest absolute Gasteiger partial charge is 0.595 e. The van der Waals surface area contributed by atoms with Crippen molar-refractivity contribution in [2.45, 2.75) is 24.6 Å². The summed E-state index contributed by atoms with van der Waals surface area (Å²) in [6, 6.07) is 7.42. The maximum Gasteiger partial charge on any atom is 0.276 e. The van der Waals surface area contributed by atoms with Gasteiger partial charge in [0.1, 0.15) is 11.8 Å². The molecule has 1 fully saturated rings. The van der Waals surface area contributed by atoms with Crippen LogP contribution in [0.25, 0.3) is 10.9 Å². The maximum atomic E-state index is 14.2. The molecule has 2 amide bonds. The fourth-order valence-corrected chi connectivity index (χ4v) is 4.35. The van der Waals surface area contributed by atoms with Gasteiger partial charge in [-0.05, 0) is 35.4 Å². The number of H-pyrrole nitrogens is 1. The number of quaternary nitrogens is 1. The molecule has 11 heteroatoms. The molecule has 0 aliphatic carbocycles. The fourth-order valence-electron chi connectivity index (χ4n) is 4.35. The number of halogens is 1. The quantitative estimate of drug-likeness (QED) is 0.345. The Morgan fingerprint density at radius 3 is 2.64 bits per heavy atom.